The molecule has 1 atom stereocenters. The van der Waals surface area contributed by atoms with Gasteiger partial charge in [0.1, 0.15) is 0 Å². The van der Waals surface area contributed by atoms with Crippen LogP contribution in [0.1, 0.15) is 24.1 Å². The summed E-state index contributed by atoms with van der Waals surface area (Å²) in [6.07, 6.45) is 4.02. The Morgan fingerprint density at radius 3 is 2.79 bits per heavy atom. The molecule has 0 saturated carbocycles. The summed E-state index contributed by atoms with van der Waals surface area (Å²) in [5.74, 6) is 0. The minimum absolute atomic E-state index is 0.398. The minimum Gasteiger partial charge on any atom is -0.316 e. The Kier molecular flexibility index (Phi) is 4.52. The standard InChI is InChI=1S/C19H21ClN4/c20-15-6-4-14(5-7-15)19-17-8-11-21-12-9-18(17)23-24(19)13-16-3-1-2-10-22-16/h1-7,10,18,21,23H,8-9,11-13H2. The van der Waals surface area contributed by atoms with Gasteiger partial charge in [0, 0.05) is 11.2 Å². The van der Waals surface area contributed by atoms with Crippen LogP contribution in [0.3, 0.4) is 0 Å². The number of pyridine rings is 1. The lowest BCUT2D eigenvalue weighted by atomic mass is 9.98. The van der Waals surface area contributed by atoms with Crippen LogP contribution in [0.15, 0.2) is 54.2 Å². The smallest absolute Gasteiger partial charge is 0.0767 e. The van der Waals surface area contributed by atoms with E-state index in [1.165, 1.54) is 16.8 Å². The van der Waals surface area contributed by atoms with Gasteiger partial charge in [-0.1, -0.05) is 29.8 Å². The summed E-state index contributed by atoms with van der Waals surface area (Å²) in [5, 5.41) is 6.53. The molecule has 1 unspecified atom stereocenters. The number of hydrogen-bond acceptors (Lipinski definition) is 4. The van der Waals surface area contributed by atoms with Crippen molar-refractivity contribution in [3.05, 3.63) is 70.5 Å². The molecule has 1 aromatic heterocycles. The Labute approximate surface area is 147 Å². The summed E-state index contributed by atoms with van der Waals surface area (Å²) >= 11 is 6.08. The SMILES string of the molecule is Clc1ccc(C2=C3CCNCCC3NN2Cc2ccccn2)cc1. The van der Waals surface area contributed by atoms with Crippen LogP contribution < -0.4 is 10.7 Å². The maximum absolute atomic E-state index is 6.08. The highest BCUT2D eigenvalue weighted by Gasteiger charge is 2.32. The van der Waals surface area contributed by atoms with E-state index < -0.39 is 0 Å². The monoisotopic (exact) mass is 340 g/mol. The first-order valence-corrected chi connectivity index (χ1v) is 8.82. The lowest BCUT2D eigenvalue weighted by Gasteiger charge is -2.24. The second kappa shape index (κ2) is 6.93. The first-order chi connectivity index (χ1) is 11.8. The zero-order valence-electron chi connectivity index (χ0n) is 13.5. The molecular weight excluding hydrogens is 320 g/mol. The van der Waals surface area contributed by atoms with Gasteiger partial charge in [0.25, 0.3) is 0 Å². The molecule has 0 bridgehead atoms. The zero-order valence-corrected chi connectivity index (χ0v) is 14.3. The molecule has 2 N–H and O–H groups in total. The molecule has 1 aromatic carbocycles. The quantitative estimate of drug-likeness (QED) is 0.900. The second-order valence-electron chi connectivity index (χ2n) is 6.26. The molecule has 124 valence electrons. The molecule has 2 aliphatic rings. The molecule has 0 amide bonds. The van der Waals surface area contributed by atoms with Gasteiger partial charge < -0.3 is 10.3 Å². The number of halogens is 1. The van der Waals surface area contributed by atoms with E-state index in [1.807, 2.05) is 30.5 Å². The van der Waals surface area contributed by atoms with Gasteiger partial charge in [0.2, 0.25) is 0 Å². The molecular formula is C19H21ClN4. The van der Waals surface area contributed by atoms with Crippen molar-refractivity contribution in [2.24, 2.45) is 0 Å². The largest absolute Gasteiger partial charge is 0.316 e. The lowest BCUT2D eigenvalue weighted by Crippen LogP contribution is -2.37. The van der Waals surface area contributed by atoms with Crippen LogP contribution in [0.25, 0.3) is 5.70 Å². The number of nitrogens with zero attached hydrogens (tertiary/aromatic N) is 2. The number of aromatic nitrogens is 1. The average molecular weight is 341 g/mol. The van der Waals surface area contributed by atoms with Gasteiger partial charge in [-0.3, -0.25) is 4.98 Å². The molecule has 1 saturated heterocycles. The van der Waals surface area contributed by atoms with Crippen LogP contribution >= 0.6 is 11.6 Å². The van der Waals surface area contributed by atoms with Gasteiger partial charge in [-0.15, -0.1) is 0 Å². The number of benzene rings is 1. The van der Waals surface area contributed by atoms with E-state index in [0.29, 0.717) is 6.04 Å². The molecule has 2 aromatic rings. The molecule has 3 heterocycles. The number of fused-ring (bicyclic) bond motifs is 1. The highest BCUT2D eigenvalue weighted by molar-refractivity contribution is 6.30. The van der Waals surface area contributed by atoms with Crippen LogP contribution in [0, 0.1) is 0 Å². The maximum atomic E-state index is 6.08. The predicted molar refractivity (Wildman–Crippen MR) is 97.2 cm³/mol. The van der Waals surface area contributed by atoms with Crippen molar-refractivity contribution in [1.29, 1.82) is 0 Å². The van der Waals surface area contributed by atoms with Crippen LogP contribution in [-0.4, -0.2) is 29.1 Å². The third kappa shape index (κ3) is 3.18. The van der Waals surface area contributed by atoms with Crippen molar-refractivity contribution in [3.63, 3.8) is 0 Å². The number of nitrogens with one attached hydrogen (secondary N) is 2. The summed E-state index contributed by atoms with van der Waals surface area (Å²) in [4.78, 5) is 4.48. The summed E-state index contributed by atoms with van der Waals surface area (Å²) in [7, 11) is 0. The Morgan fingerprint density at radius 2 is 2.00 bits per heavy atom. The molecule has 4 rings (SSSR count). The molecule has 2 aliphatic heterocycles. The minimum atomic E-state index is 0.398. The van der Waals surface area contributed by atoms with Gasteiger partial charge in [0.15, 0.2) is 0 Å². The van der Waals surface area contributed by atoms with Crippen molar-refractivity contribution in [2.75, 3.05) is 13.1 Å². The molecule has 0 spiro atoms. The number of rotatable bonds is 3. The van der Waals surface area contributed by atoms with Crippen LogP contribution in [-0.2, 0) is 6.54 Å². The van der Waals surface area contributed by atoms with Crippen molar-refractivity contribution in [2.45, 2.75) is 25.4 Å². The summed E-state index contributed by atoms with van der Waals surface area (Å²) in [6.45, 7) is 2.83. The normalized spacial score (nSPS) is 20.9. The predicted octanol–water partition coefficient (Wildman–Crippen LogP) is 3.22. The fourth-order valence-electron chi connectivity index (χ4n) is 3.52. The highest BCUT2D eigenvalue weighted by atomic mass is 35.5. The van der Waals surface area contributed by atoms with Gasteiger partial charge in [-0.25, -0.2) is 5.43 Å². The molecule has 1 fully saturated rings. The van der Waals surface area contributed by atoms with Crippen molar-refractivity contribution >= 4 is 17.3 Å². The molecule has 0 aliphatic carbocycles. The number of hydrazine groups is 1. The first kappa shape index (κ1) is 15.6. The maximum Gasteiger partial charge on any atom is 0.0767 e. The van der Waals surface area contributed by atoms with Crippen molar-refractivity contribution in [1.82, 2.24) is 20.7 Å². The van der Waals surface area contributed by atoms with Gasteiger partial charge >= 0.3 is 0 Å². The van der Waals surface area contributed by atoms with E-state index in [0.717, 1.165) is 43.2 Å². The Balaban J connectivity index is 1.71. The average Bonchev–Trinajstić information content (AvgIpc) is 2.78. The third-order valence-electron chi connectivity index (χ3n) is 4.65. The Hall–Kier alpha value is -1.88. The molecule has 4 nitrogen and oxygen atoms in total. The lowest BCUT2D eigenvalue weighted by molar-refractivity contribution is 0.272. The molecule has 0 radical (unpaired) electrons. The van der Waals surface area contributed by atoms with E-state index >= 15 is 0 Å². The van der Waals surface area contributed by atoms with E-state index in [9.17, 15) is 0 Å². The van der Waals surface area contributed by atoms with E-state index in [2.05, 4.69) is 38.9 Å². The van der Waals surface area contributed by atoms with Gasteiger partial charge in [-0.2, -0.15) is 0 Å². The van der Waals surface area contributed by atoms with Crippen LogP contribution in [0.5, 0.6) is 0 Å². The first-order valence-electron chi connectivity index (χ1n) is 8.44. The third-order valence-corrected chi connectivity index (χ3v) is 4.90. The Morgan fingerprint density at radius 1 is 1.12 bits per heavy atom. The molecule has 24 heavy (non-hydrogen) atoms. The summed E-state index contributed by atoms with van der Waals surface area (Å²) in [6, 6.07) is 14.6. The van der Waals surface area contributed by atoms with Crippen LogP contribution in [0.4, 0.5) is 0 Å². The Bertz CT molecular complexity index is 727. The zero-order chi connectivity index (χ0) is 16.4. The van der Waals surface area contributed by atoms with Gasteiger partial charge in [-0.05, 0) is 61.3 Å². The summed E-state index contributed by atoms with van der Waals surface area (Å²) in [5.41, 5.74) is 8.73. The topological polar surface area (TPSA) is 40.2 Å². The fraction of sp³-hybridized carbons (Fsp3) is 0.316. The van der Waals surface area contributed by atoms with Crippen LogP contribution in [0.2, 0.25) is 5.02 Å². The van der Waals surface area contributed by atoms with Crippen molar-refractivity contribution < 1.29 is 0 Å². The fourth-order valence-corrected chi connectivity index (χ4v) is 3.65. The van der Waals surface area contributed by atoms with Crippen molar-refractivity contribution in [3.8, 4) is 0 Å². The highest BCUT2D eigenvalue weighted by Crippen LogP contribution is 2.34. The van der Waals surface area contributed by atoms with Gasteiger partial charge in [0.05, 0.1) is 24.0 Å². The summed E-state index contributed by atoms with van der Waals surface area (Å²) < 4.78 is 0. The van der Waals surface area contributed by atoms with E-state index in [4.69, 9.17) is 11.6 Å². The second-order valence-corrected chi connectivity index (χ2v) is 6.69. The van der Waals surface area contributed by atoms with E-state index in [-0.39, 0.29) is 0 Å². The molecule has 5 heteroatoms. The van der Waals surface area contributed by atoms with E-state index in [1.54, 1.807) is 0 Å². The number of hydrogen-bond donors (Lipinski definition) is 2.